The van der Waals surface area contributed by atoms with E-state index < -0.39 is 23.8 Å². The second-order valence-electron chi connectivity index (χ2n) is 7.60. The molecular weight excluding hydrogens is 324 g/mol. The SMILES string of the molecule is CC(CN1C(C)CCCC1C)NC(N)C(C)(O)ON1C(=O)CCC1=O. The first-order valence-electron chi connectivity index (χ1n) is 9.16. The molecule has 0 aromatic rings. The predicted octanol–water partition coefficient (Wildman–Crippen LogP) is 0.301. The van der Waals surface area contributed by atoms with E-state index in [-0.39, 0.29) is 18.9 Å². The van der Waals surface area contributed by atoms with Gasteiger partial charge in [0.1, 0.15) is 6.17 Å². The van der Waals surface area contributed by atoms with Crippen LogP contribution in [0.2, 0.25) is 0 Å². The van der Waals surface area contributed by atoms with Crippen LogP contribution in [0.4, 0.5) is 0 Å². The van der Waals surface area contributed by atoms with E-state index >= 15 is 0 Å². The molecular formula is C17H32N4O4. The quantitative estimate of drug-likeness (QED) is 0.445. The van der Waals surface area contributed by atoms with E-state index in [1.54, 1.807) is 0 Å². The van der Waals surface area contributed by atoms with E-state index in [9.17, 15) is 14.7 Å². The van der Waals surface area contributed by atoms with Gasteiger partial charge in [-0.2, -0.15) is 5.06 Å². The first-order valence-corrected chi connectivity index (χ1v) is 9.16. The highest BCUT2D eigenvalue weighted by Crippen LogP contribution is 2.23. The summed E-state index contributed by atoms with van der Waals surface area (Å²) in [5.41, 5.74) is 6.04. The summed E-state index contributed by atoms with van der Waals surface area (Å²) in [4.78, 5) is 30.9. The van der Waals surface area contributed by atoms with Crippen molar-refractivity contribution in [1.29, 1.82) is 0 Å². The van der Waals surface area contributed by atoms with Crippen LogP contribution in [0.25, 0.3) is 0 Å². The number of piperidine rings is 1. The Kier molecular flexibility index (Phi) is 6.56. The van der Waals surface area contributed by atoms with Gasteiger partial charge in [0, 0.05) is 37.5 Å². The third-order valence-corrected chi connectivity index (χ3v) is 5.18. The van der Waals surface area contributed by atoms with E-state index in [0.29, 0.717) is 17.1 Å². The second-order valence-corrected chi connectivity index (χ2v) is 7.60. The molecule has 25 heavy (non-hydrogen) atoms. The molecule has 5 unspecified atom stereocenters. The number of nitrogens with two attached hydrogens (primary N) is 1. The number of imide groups is 1. The van der Waals surface area contributed by atoms with Crippen molar-refractivity contribution in [2.75, 3.05) is 6.54 Å². The average Bonchev–Trinajstić information content (AvgIpc) is 2.82. The molecule has 2 rings (SSSR count). The number of nitrogens with one attached hydrogen (secondary N) is 1. The second kappa shape index (κ2) is 8.09. The molecule has 144 valence electrons. The van der Waals surface area contributed by atoms with Crippen LogP contribution in [-0.4, -0.2) is 63.5 Å². The Morgan fingerprint density at radius 1 is 1.28 bits per heavy atom. The predicted molar refractivity (Wildman–Crippen MR) is 92.8 cm³/mol. The summed E-state index contributed by atoms with van der Waals surface area (Å²) < 4.78 is 0. The maximum Gasteiger partial charge on any atom is 0.254 e. The molecule has 2 heterocycles. The monoisotopic (exact) mass is 356 g/mol. The van der Waals surface area contributed by atoms with Crippen LogP contribution in [0.1, 0.15) is 59.8 Å². The fourth-order valence-corrected chi connectivity index (χ4v) is 3.56. The Morgan fingerprint density at radius 2 is 1.80 bits per heavy atom. The fourth-order valence-electron chi connectivity index (χ4n) is 3.56. The Hall–Kier alpha value is -1.06. The van der Waals surface area contributed by atoms with Crippen molar-refractivity contribution < 1.29 is 19.5 Å². The summed E-state index contributed by atoms with van der Waals surface area (Å²) in [5.74, 6) is -2.79. The first kappa shape index (κ1) is 20.3. The normalized spacial score (nSPS) is 30.4. The largest absolute Gasteiger partial charge is 0.362 e. The molecule has 4 N–H and O–H groups in total. The van der Waals surface area contributed by atoms with Gasteiger partial charge >= 0.3 is 0 Å². The average molecular weight is 356 g/mol. The lowest BCUT2D eigenvalue weighted by molar-refractivity contribution is -0.305. The number of hydrogen-bond acceptors (Lipinski definition) is 7. The number of carbonyl (C=O) groups is 2. The van der Waals surface area contributed by atoms with E-state index in [1.807, 2.05) is 6.92 Å². The number of aliphatic hydroxyl groups is 1. The van der Waals surface area contributed by atoms with Crippen LogP contribution >= 0.6 is 0 Å². The zero-order chi connectivity index (χ0) is 18.8. The minimum atomic E-state index is -1.87. The Labute approximate surface area is 149 Å². The van der Waals surface area contributed by atoms with Gasteiger partial charge in [0.2, 0.25) is 5.79 Å². The summed E-state index contributed by atoms with van der Waals surface area (Å²) >= 11 is 0. The van der Waals surface area contributed by atoms with Crippen LogP contribution in [0.15, 0.2) is 0 Å². The van der Waals surface area contributed by atoms with Crippen LogP contribution in [0.3, 0.4) is 0 Å². The van der Waals surface area contributed by atoms with Crippen molar-refractivity contribution in [2.24, 2.45) is 5.73 Å². The van der Waals surface area contributed by atoms with Crippen LogP contribution in [0.5, 0.6) is 0 Å². The first-order chi connectivity index (χ1) is 11.6. The van der Waals surface area contributed by atoms with Crippen LogP contribution in [0, 0.1) is 0 Å². The highest BCUT2D eigenvalue weighted by Gasteiger charge is 2.40. The van der Waals surface area contributed by atoms with Crippen molar-refractivity contribution in [3.05, 3.63) is 0 Å². The minimum absolute atomic E-state index is 0.0121. The number of likely N-dealkylation sites (tertiary alicyclic amines) is 1. The van der Waals surface area contributed by atoms with E-state index in [1.165, 1.54) is 26.2 Å². The van der Waals surface area contributed by atoms with Crippen molar-refractivity contribution in [2.45, 2.75) is 89.9 Å². The molecule has 0 aromatic heterocycles. The number of nitrogens with zero attached hydrogens (tertiary/aromatic N) is 2. The Morgan fingerprint density at radius 3 is 2.32 bits per heavy atom. The van der Waals surface area contributed by atoms with Crippen LogP contribution in [-0.2, 0) is 14.4 Å². The molecule has 8 nitrogen and oxygen atoms in total. The minimum Gasteiger partial charge on any atom is -0.362 e. The molecule has 0 spiro atoms. The van der Waals surface area contributed by atoms with Crippen molar-refractivity contribution >= 4 is 11.8 Å². The Balaban J connectivity index is 1.89. The number of hydroxylamine groups is 2. The van der Waals surface area contributed by atoms with Crippen molar-refractivity contribution in [3.8, 4) is 0 Å². The van der Waals surface area contributed by atoms with Gasteiger partial charge in [-0.1, -0.05) is 6.42 Å². The molecule has 0 bridgehead atoms. The third-order valence-electron chi connectivity index (χ3n) is 5.18. The van der Waals surface area contributed by atoms with Gasteiger partial charge in [0.25, 0.3) is 11.8 Å². The zero-order valence-electron chi connectivity index (χ0n) is 15.7. The number of amides is 2. The smallest absolute Gasteiger partial charge is 0.254 e. The van der Waals surface area contributed by atoms with Gasteiger partial charge in [-0.15, -0.1) is 0 Å². The fraction of sp³-hybridized carbons (Fsp3) is 0.882. The molecule has 0 radical (unpaired) electrons. The van der Waals surface area contributed by atoms with Gasteiger partial charge in [-0.05, 0) is 40.5 Å². The van der Waals surface area contributed by atoms with Gasteiger partial charge in [0.15, 0.2) is 0 Å². The van der Waals surface area contributed by atoms with Crippen molar-refractivity contribution in [1.82, 2.24) is 15.3 Å². The van der Waals surface area contributed by atoms with Gasteiger partial charge < -0.3 is 10.8 Å². The summed E-state index contributed by atoms with van der Waals surface area (Å²) in [5, 5.41) is 14.2. The van der Waals surface area contributed by atoms with Crippen LogP contribution < -0.4 is 11.1 Å². The molecule has 2 fully saturated rings. The zero-order valence-corrected chi connectivity index (χ0v) is 15.7. The summed E-state index contributed by atoms with van der Waals surface area (Å²) in [6.07, 6.45) is 2.86. The lowest BCUT2D eigenvalue weighted by Gasteiger charge is -2.41. The van der Waals surface area contributed by atoms with E-state index in [2.05, 4.69) is 24.1 Å². The standard InChI is InChI=1S/C17H32N4O4/c1-11(10-20-12(2)6-5-7-13(20)3)19-16(18)17(4,24)25-21-14(22)8-9-15(21)23/h11-13,16,19,24H,5-10,18H2,1-4H3. The summed E-state index contributed by atoms with van der Waals surface area (Å²) in [7, 11) is 0. The van der Waals surface area contributed by atoms with Crippen molar-refractivity contribution in [3.63, 3.8) is 0 Å². The molecule has 8 heteroatoms. The topological polar surface area (TPSA) is 108 Å². The number of rotatable bonds is 7. The maximum atomic E-state index is 11.6. The molecule has 5 atom stereocenters. The van der Waals surface area contributed by atoms with E-state index in [4.69, 9.17) is 10.6 Å². The van der Waals surface area contributed by atoms with Gasteiger partial charge in [0.05, 0.1) is 0 Å². The molecule has 2 aliphatic heterocycles. The summed E-state index contributed by atoms with van der Waals surface area (Å²) in [6.45, 7) is 8.60. The molecule has 0 aliphatic carbocycles. The summed E-state index contributed by atoms with van der Waals surface area (Å²) in [6, 6.07) is 1.04. The molecule has 2 aliphatic rings. The molecule has 2 amide bonds. The molecule has 2 saturated heterocycles. The number of carbonyl (C=O) groups excluding carboxylic acids is 2. The van der Waals surface area contributed by atoms with E-state index in [0.717, 1.165) is 6.54 Å². The highest BCUT2D eigenvalue weighted by molar-refractivity contribution is 6.00. The van der Waals surface area contributed by atoms with Gasteiger partial charge in [-0.25, -0.2) is 4.84 Å². The lowest BCUT2D eigenvalue weighted by Crippen LogP contribution is -2.62. The number of hydrogen-bond donors (Lipinski definition) is 3. The molecule has 0 saturated carbocycles. The Bertz CT molecular complexity index is 473. The lowest BCUT2D eigenvalue weighted by atomic mass is 9.97. The molecule has 0 aromatic carbocycles. The third kappa shape index (κ3) is 4.98. The maximum absolute atomic E-state index is 11.6. The highest BCUT2D eigenvalue weighted by atomic mass is 16.8. The van der Waals surface area contributed by atoms with Gasteiger partial charge in [-0.3, -0.25) is 19.8 Å².